The molecular formula is C14H22N2O. The molecule has 0 bridgehead atoms. The standard InChI is InChI=1S/C14H22N2O/c1-10-8-13(15)14(9-11(10)2)16(3)12-4-6-17-7-5-12/h8-9,12H,4-7,15H2,1-3H3. The van der Waals surface area contributed by atoms with Gasteiger partial charge < -0.3 is 15.4 Å². The largest absolute Gasteiger partial charge is 0.397 e. The molecule has 1 aromatic carbocycles. The Kier molecular flexibility index (Phi) is 3.57. The molecule has 94 valence electrons. The first kappa shape index (κ1) is 12.2. The number of anilines is 2. The number of nitrogens with zero attached hydrogens (tertiary/aromatic N) is 1. The molecule has 0 spiro atoms. The lowest BCUT2D eigenvalue weighted by atomic mass is 10.0. The van der Waals surface area contributed by atoms with Crippen LogP contribution in [0.25, 0.3) is 0 Å². The van der Waals surface area contributed by atoms with Gasteiger partial charge in [-0.25, -0.2) is 0 Å². The van der Waals surface area contributed by atoms with Crippen LogP contribution in [-0.4, -0.2) is 26.3 Å². The van der Waals surface area contributed by atoms with Crippen molar-refractivity contribution < 1.29 is 4.74 Å². The second-order valence-corrected chi connectivity index (χ2v) is 4.95. The van der Waals surface area contributed by atoms with Gasteiger partial charge in [0, 0.05) is 26.3 Å². The number of hydrogen-bond acceptors (Lipinski definition) is 3. The van der Waals surface area contributed by atoms with Crippen molar-refractivity contribution in [3.8, 4) is 0 Å². The Bertz CT molecular complexity index is 397. The fraction of sp³-hybridized carbons (Fsp3) is 0.571. The third-order valence-corrected chi connectivity index (χ3v) is 3.76. The summed E-state index contributed by atoms with van der Waals surface area (Å²) in [5.74, 6) is 0. The number of aryl methyl sites for hydroxylation is 2. The van der Waals surface area contributed by atoms with Crippen LogP contribution in [0.15, 0.2) is 12.1 Å². The molecule has 3 nitrogen and oxygen atoms in total. The predicted octanol–water partition coefficient (Wildman–Crippen LogP) is 2.50. The maximum absolute atomic E-state index is 6.12. The van der Waals surface area contributed by atoms with Crippen LogP contribution >= 0.6 is 0 Å². The minimum atomic E-state index is 0.549. The molecule has 0 aliphatic carbocycles. The van der Waals surface area contributed by atoms with Gasteiger partial charge in [0.05, 0.1) is 11.4 Å². The molecule has 0 radical (unpaired) electrons. The van der Waals surface area contributed by atoms with E-state index in [1.165, 1.54) is 11.1 Å². The number of nitrogens with two attached hydrogens (primary N) is 1. The summed E-state index contributed by atoms with van der Waals surface area (Å²) in [5.41, 5.74) is 10.7. The van der Waals surface area contributed by atoms with Gasteiger partial charge >= 0.3 is 0 Å². The van der Waals surface area contributed by atoms with Gasteiger partial charge in [0.1, 0.15) is 0 Å². The van der Waals surface area contributed by atoms with Gasteiger partial charge in [-0.15, -0.1) is 0 Å². The second kappa shape index (κ2) is 4.96. The quantitative estimate of drug-likeness (QED) is 0.799. The van der Waals surface area contributed by atoms with Crippen molar-refractivity contribution in [1.29, 1.82) is 0 Å². The zero-order valence-electron chi connectivity index (χ0n) is 11.0. The van der Waals surface area contributed by atoms with Crippen LogP contribution in [0, 0.1) is 13.8 Å². The van der Waals surface area contributed by atoms with Crippen molar-refractivity contribution >= 4 is 11.4 Å². The normalized spacial score (nSPS) is 17.1. The van der Waals surface area contributed by atoms with Crippen molar-refractivity contribution in [3.63, 3.8) is 0 Å². The van der Waals surface area contributed by atoms with E-state index >= 15 is 0 Å². The second-order valence-electron chi connectivity index (χ2n) is 4.95. The lowest BCUT2D eigenvalue weighted by Gasteiger charge is -2.34. The van der Waals surface area contributed by atoms with E-state index < -0.39 is 0 Å². The van der Waals surface area contributed by atoms with Crippen LogP contribution in [0.3, 0.4) is 0 Å². The smallest absolute Gasteiger partial charge is 0.0602 e. The summed E-state index contributed by atoms with van der Waals surface area (Å²) in [6.07, 6.45) is 2.17. The molecule has 0 unspecified atom stereocenters. The fourth-order valence-corrected chi connectivity index (χ4v) is 2.40. The minimum Gasteiger partial charge on any atom is -0.397 e. The topological polar surface area (TPSA) is 38.5 Å². The first-order valence-corrected chi connectivity index (χ1v) is 6.27. The molecule has 0 aromatic heterocycles. The molecule has 0 amide bonds. The fourth-order valence-electron chi connectivity index (χ4n) is 2.40. The van der Waals surface area contributed by atoms with Crippen LogP contribution in [-0.2, 0) is 4.74 Å². The maximum atomic E-state index is 6.12. The van der Waals surface area contributed by atoms with Crippen LogP contribution < -0.4 is 10.6 Å². The summed E-state index contributed by atoms with van der Waals surface area (Å²) in [6, 6.07) is 4.81. The van der Waals surface area contributed by atoms with Crippen LogP contribution in [0.2, 0.25) is 0 Å². The predicted molar refractivity (Wildman–Crippen MR) is 72.6 cm³/mol. The van der Waals surface area contributed by atoms with Gasteiger partial charge in [0.25, 0.3) is 0 Å². The molecule has 17 heavy (non-hydrogen) atoms. The first-order chi connectivity index (χ1) is 8.09. The third kappa shape index (κ3) is 2.55. The highest BCUT2D eigenvalue weighted by Crippen LogP contribution is 2.29. The van der Waals surface area contributed by atoms with E-state index in [4.69, 9.17) is 10.5 Å². The summed E-state index contributed by atoms with van der Waals surface area (Å²) in [5, 5.41) is 0. The molecule has 1 heterocycles. The molecule has 1 fully saturated rings. The molecule has 0 atom stereocenters. The van der Waals surface area contributed by atoms with Gasteiger partial charge in [-0.3, -0.25) is 0 Å². The van der Waals surface area contributed by atoms with E-state index in [2.05, 4.69) is 37.9 Å². The Hall–Kier alpha value is -1.22. The highest BCUT2D eigenvalue weighted by molar-refractivity contribution is 5.70. The van der Waals surface area contributed by atoms with E-state index in [1.54, 1.807) is 0 Å². The van der Waals surface area contributed by atoms with Gasteiger partial charge in [0.2, 0.25) is 0 Å². The molecule has 2 rings (SSSR count). The van der Waals surface area contributed by atoms with Gasteiger partial charge in [-0.05, 0) is 49.9 Å². The Morgan fingerprint density at radius 2 is 1.76 bits per heavy atom. The van der Waals surface area contributed by atoms with Crippen molar-refractivity contribution in [2.45, 2.75) is 32.7 Å². The SMILES string of the molecule is Cc1cc(N)c(N(C)C2CCOCC2)cc1C. The van der Waals surface area contributed by atoms with E-state index in [0.29, 0.717) is 6.04 Å². The Morgan fingerprint density at radius 1 is 1.18 bits per heavy atom. The summed E-state index contributed by atoms with van der Waals surface area (Å²) in [7, 11) is 2.14. The zero-order valence-corrected chi connectivity index (χ0v) is 11.0. The zero-order chi connectivity index (χ0) is 12.4. The van der Waals surface area contributed by atoms with Gasteiger partial charge in [-0.1, -0.05) is 0 Å². The summed E-state index contributed by atoms with van der Waals surface area (Å²) >= 11 is 0. The highest BCUT2D eigenvalue weighted by atomic mass is 16.5. The van der Waals surface area contributed by atoms with E-state index in [1.807, 2.05) is 0 Å². The summed E-state index contributed by atoms with van der Waals surface area (Å²) in [4.78, 5) is 2.31. The number of benzene rings is 1. The Balaban J connectivity index is 2.23. The maximum Gasteiger partial charge on any atom is 0.0602 e. The number of rotatable bonds is 2. The Morgan fingerprint density at radius 3 is 2.41 bits per heavy atom. The average Bonchev–Trinajstić information content (AvgIpc) is 2.34. The van der Waals surface area contributed by atoms with Crippen molar-refractivity contribution in [1.82, 2.24) is 0 Å². The highest BCUT2D eigenvalue weighted by Gasteiger charge is 2.20. The van der Waals surface area contributed by atoms with E-state index in [-0.39, 0.29) is 0 Å². The molecular weight excluding hydrogens is 212 g/mol. The van der Waals surface area contributed by atoms with Crippen molar-refractivity contribution in [2.24, 2.45) is 0 Å². The van der Waals surface area contributed by atoms with Crippen LogP contribution in [0.5, 0.6) is 0 Å². The third-order valence-electron chi connectivity index (χ3n) is 3.76. The molecule has 1 saturated heterocycles. The minimum absolute atomic E-state index is 0.549. The number of ether oxygens (including phenoxy) is 1. The molecule has 0 saturated carbocycles. The Labute approximate surface area is 104 Å². The van der Waals surface area contributed by atoms with Gasteiger partial charge in [-0.2, -0.15) is 0 Å². The first-order valence-electron chi connectivity index (χ1n) is 6.27. The summed E-state index contributed by atoms with van der Waals surface area (Å²) in [6.45, 7) is 5.96. The van der Waals surface area contributed by atoms with Crippen molar-refractivity contribution in [2.75, 3.05) is 30.9 Å². The molecule has 2 N–H and O–H groups in total. The molecule has 1 aromatic rings. The van der Waals surface area contributed by atoms with Crippen molar-refractivity contribution in [3.05, 3.63) is 23.3 Å². The number of hydrogen-bond donors (Lipinski definition) is 1. The average molecular weight is 234 g/mol. The molecule has 3 heteroatoms. The summed E-state index contributed by atoms with van der Waals surface area (Å²) < 4.78 is 5.40. The van der Waals surface area contributed by atoms with Crippen LogP contribution in [0.1, 0.15) is 24.0 Å². The van der Waals surface area contributed by atoms with E-state index in [0.717, 1.165) is 37.4 Å². The monoisotopic (exact) mass is 234 g/mol. The van der Waals surface area contributed by atoms with E-state index in [9.17, 15) is 0 Å². The van der Waals surface area contributed by atoms with Gasteiger partial charge in [0.15, 0.2) is 0 Å². The molecule has 1 aliphatic rings. The number of nitrogen functional groups attached to an aromatic ring is 1. The van der Waals surface area contributed by atoms with Crippen LogP contribution in [0.4, 0.5) is 11.4 Å². The lowest BCUT2D eigenvalue weighted by Crippen LogP contribution is -2.37. The molecule has 1 aliphatic heterocycles. The lowest BCUT2D eigenvalue weighted by molar-refractivity contribution is 0.0855.